The van der Waals surface area contributed by atoms with Gasteiger partial charge in [0.25, 0.3) is 0 Å². The molecule has 1 aliphatic heterocycles. The van der Waals surface area contributed by atoms with Crippen molar-refractivity contribution in [2.24, 2.45) is 0 Å². The van der Waals surface area contributed by atoms with Crippen LogP contribution in [0.15, 0.2) is 42.5 Å². The second kappa shape index (κ2) is 5.29. The number of hydrogen-bond acceptors (Lipinski definition) is 2. The van der Waals surface area contributed by atoms with E-state index in [0.717, 1.165) is 23.3 Å². The fourth-order valence-electron chi connectivity index (χ4n) is 2.93. The number of benzene rings is 2. The zero-order valence-electron chi connectivity index (χ0n) is 12.0. The lowest BCUT2D eigenvalue weighted by atomic mass is 9.91. The molecular weight excluding hydrogens is 248 g/mol. The molecule has 3 rings (SSSR count). The van der Waals surface area contributed by atoms with Gasteiger partial charge in [0, 0.05) is 12.0 Å². The summed E-state index contributed by atoms with van der Waals surface area (Å²) in [4.78, 5) is 0. The van der Waals surface area contributed by atoms with E-state index in [-0.39, 0.29) is 6.10 Å². The van der Waals surface area contributed by atoms with Crippen molar-refractivity contribution in [2.75, 3.05) is 0 Å². The zero-order valence-corrected chi connectivity index (χ0v) is 12.0. The van der Waals surface area contributed by atoms with Gasteiger partial charge in [0.1, 0.15) is 11.9 Å². The summed E-state index contributed by atoms with van der Waals surface area (Å²) in [5.41, 5.74) is 4.55. The molecule has 0 fully saturated rings. The lowest BCUT2D eigenvalue weighted by Gasteiger charge is -2.31. The summed E-state index contributed by atoms with van der Waals surface area (Å²) in [7, 11) is 0. The Bertz CT molecular complexity index is 619. The van der Waals surface area contributed by atoms with Crippen molar-refractivity contribution in [2.45, 2.75) is 38.9 Å². The Kier molecular flexibility index (Phi) is 3.49. The average Bonchev–Trinajstić information content (AvgIpc) is 2.47. The van der Waals surface area contributed by atoms with Gasteiger partial charge in [-0.1, -0.05) is 42.8 Å². The largest absolute Gasteiger partial charge is 0.485 e. The van der Waals surface area contributed by atoms with Gasteiger partial charge in [0.15, 0.2) is 0 Å². The molecule has 1 N–H and O–H groups in total. The van der Waals surface area contributed by atoms with Crippen LogP contribution in [0.4, 0.5) is 0 Å². The molecule has 0 aromatic heterocycles. The van der Waals surface area contributed by atoms with Crippen LogP contribution in [0.3, 0.4) is 0 Å². The number of ether oxygens (including phenoxy) is 1. The van der Waals surface area contributed by atoms with Crippen LogP contribution in [0.25, 0.3) is 0 Å². The topological polar surface area (TPSA) is 29.5 Å². The Morgan fingerprint density at radius 3 is 2.75 bits per heavy atom. The van der Waals surface area contributed by atoms with Crippen LogP contribution in [0.5, 0.6) is 5.75 Å². The van der Waals surface area contributed by atoms with E-state index in [1.54, 1.807) is 0 Å². The third-order valence-corrected chi connectivity index (χ3v) is 4.01. The van der Waals surface area contributed by atoms with E-state index in [2.05, 4.69) is 25.1 Å². The summed E-state index contributed by atoms with van der Waals surface area (Å²) >= 11 is 0. The van der Waals surface area contributed by atoms with Gasteiger partial charge in [0.2, 0.25) is 0 Å². The first-order valence-corrected chi connectivity index (χ1v) is 7.22. The lowest BCUT2D eigenvalue weighted by Crippen LogP contribution is -2.20. The highest BCUT2D eigenvalue weighted by Gasteiger charge is 2.28. The number of aryl methyl sites for hydroxylation is 2. The van der Waals surface area contributed by atoms with Crippen LogP contribution >= 0.6 is 0 Å². The second-order valence-corrected chi connectivity index (χ2v) is 5.45. The maximum Gasteiger partial charge on any atom is 0.127 e. The Hall–Kier alpha value is -1.80. The van der Waals surface area contributed by atoms with E-state index in [1.165, 1.54) is 11.1 Å². The first-order valence-electron chi connectivity index (χ1n) is 7.22. The maximum absolute atomic E-state index is 10.4. The molecule has 1 unspecified atom stereocenters. The molecule has 0 aliphatic carbocycles. The minimum Gasteiger partial charge on any atom is -0.485 e. The van der Waals surface area contributed by atoms with Crippen molar-refractivity contribution in [3.8, 4) is 5.75 Å². The van der Waals surface area contributed by atoms with Gasteiger partial charge >= 0.3 is 0 Å². The number of rotatable bonds is 2. The number of fused-ring (bicyclic) bond motifs is 1. The molecule has 0 radical (unpaired) electrons. The lowest BCUT2D eigenvalue weighted by molar-refractivity contribution is 0.0653. The van der Waals surface area contributed by atoms with Gasteiger partial charge in [-0.25, -0.2) is 0 Å². The molecule has 0 spiro atoms. The molecule has 104 valence electrons. The van der Waals surface area contributed by atoms with Crippen LogP contribution in [-0.4, -0.2) is 5.11 Å². The van der Waals surface area contributed by atoms with E-state index in [1.807, 2.05) is 31.2 Å². The Morgan fingerprint density at radius 2 is 1.95 bits per heavy atom. The summed E-state index contributed by atoms with van der Waals surface area (Å²) in [6.07, 6.45) is 1.09. The minimum atomic E-state index is -0.450. The molecule has 20 heavy (non-hydrogen) atoms. The van der Waals surface area contributed by atoms with Crippen molar-refractivity contribution in [3.63, 3.8) is 0 Å². The summed E-state index contributed by atoms with van der Waals surface area (Å²) in [6, 6.07) is 14.3. The summed E-state index contributed by atoms with van der Waals surface area (Å²) in [6.45, 7) is 4.18. The van der Waals surface area contributed by atoms with Gasteiger partial charge < -0.3 is 9.84 Å². The molecule has 0 saturated carbocycles. The van der Waals surface area contributed by atoms with Crippen LogP contribution in [0.2, 0.25) is 0 Å². The first-order chi connectivity index (χ1) is 9.69. The quantitative estimate of drug-likeness (QED) is 0.888. The smallest absolute Gasteiger partial charge is 0.127 e. The third-order valence-electron chi connectivity index (χ3n) is 4.01. The van der Waals surface area contributed by atoms with Crippen LogP contribution in [-0.2, 0) is 6.42 Å². The Balaban J connectivity index is 1.97. The molecule has 0 amide bonds. The normalized spacial score (nSPS) is 21.1. The molecule has 2 heteroatoms. The molecule has 0 saturated heterocycles. The summed E-state index contributed by atoms with van der Waals surface area (Å²) in [5, 5.41) is 10.4. The van der Waals surface area contributed by atoms with Crippen LogP contribution in [0, 0.1) is 6.92 Å². The van der Waals surface area contributed by atoms with Gasteiger partial charge in [-0.15, -0.1) is 0 Å². The molecule has 2 nitrogen and oxygen atoms in total. The Labute approximate surface area is 120 Å². The predicted octanol–water partition coefficient (Wildman–Crippen LogP) is 4.11. The number of hydrogen-bond donors (Lipinski definition) is 1. The fourth-order valence-corrected chi connectivity index (χ4v) is 2.93. The van der Waals surface area contributed by atoms with Crippen LogP contribution in [0.1, 0.15) is 47.8 Å². The summed E-state index contributed by atoms with van der Waals surface area (Å²) in [5.74, 6) is 0.810. The van der Waals surface area contributed by atoms with Crippen molar-refractivity contribution < 1.29 is 9.84 Å². The second-order valence-electron chi connectivity index (χ2n) is 5.45. The molecule has 2 atom stereocenters. The summed E-state index contributed by atoms with van der Waals surface area (Å²) < 4.78 is 6.13. The maximum atomic E-state index is 10.4. The molecule has 0 bridgehead atoms. The highest BCUT2D eigenvalue weighted by molar-refractivity contribution is 5.42. The predicted molar refractivity (Wildman–Crippen MR) is 79.9 cm³/mol. The zero-order chi connectivity index (χ0) is 14.1. The SMILES string of the molecule is CCc1ccccc1C1C[C@@H](O)c2cc(C)ccc2O1. The third kappa shape index (κ3) is 2.32. The average molecular weight is 268 g/mol. The van der Waals surface area contributed by atoms with Gasteiger partial charge in [-0.3, -0.25) is 0 Å². The van der Waals surface area contributed by atoms with E-state index in [4.69, 9.17) is 4.74 Å². The van der Waals surface area contributed by atoms with Crippen molar-refractivity contribution in [3.05, 3.63) is 64.7 Å². The van der Waals surface area contributed by atoms with E-state index < -0.39 is 6.10 Å². The highest BCUT2D eigenvalue weighted by atomic mass is 16.5. The monoisotopic (exact) mass is 268 g/mol. The van der Waals surface area contributed by atoms with Gasteiger partial charge in [-0.05, 0) is 36.6 Å². The Morgan fingerprint density at radius 1 is 1.15 bits per heavy atom. The van der Waals surface area contributed by atoms with Crippen molar-refractivity contribution in [1.82, 2.24) is 0 Å². The standard InChI is InChI=1S/C18H20O2/c1-3-13-6-4-5-7-14(13)18-11-16(19)15-10-12(2)8-9-17(15)20-18/h4-10,16,18-19H,3,11H2,1-2H3/t16-,18?/m1/s1. The van der Waals surface area contributed by atoms with E-state index >= 15 is 0 Å². The molecular formula is C18H20O2. The molecule has 1 aliphatic rings. The van der Waals surface area contributed by atoms with Gasteiger partial charge in [0.05, 0.1) is 6.10 Å². The molecule has 2 aromatic rings. The fraction of sp³-hybridized carbons (Fsp3) is 0.333. The molecule has 2 aromatic carbocycles. The van der Waals surface area contributed by atoms with E-state index in [9.17, 15) is 5.11 Å². The first kappa shape index (κ1) is 13.2. The van der Waals surface area contributed by atoms with Gasteiger partial charge in [-0.2, -0.15) is 0 Å². The van der Waals surface area contributed by atoms with Crippen molar-refractivity contribution in [1.29, 1.82) is 0 Å². The number of aliphatic hydroxyl groups is 1. The van der Waals surface area contributed by atoms with E-state index in [0.29, 0.717) is 6.42 Å². The highest BCUT2D eigenvalue weighted by Crippen LogP contribution is 2.41. The van der Waals surface area contributed by atoms with Crippen molar-refractivity contribution >= 4 is 0 Å². The van der Waals surface area contributed by atoms with Crippen LogP contribution < -0.4 is 4.74 Å². The minimum absolute atomic E-state index is 0.0589. The molecule has 1 heterocycles. The number of aliphatic hydroxyl groups excluding tert-OH is 1.